The molecule has 0 bridgehead atoms. The van der Waals surface area contributed by atoms with Crippen LogP contribution in [-0.2, 0) is 4.79 Å². The van der Waals surface area contributed by atoms with Gasteiger partial charge < -0.3 is 10.2 Å². The van der Waals surface area contributed by atoms with Crippen LogP contribution >= 0.6 is 0 Å². The van der Waals surface area contributed by atoms with Gasteiger partial charge in [0.05, 0.1) is 11.4 Å². The predicted molar refractivity (Wildman–Crippen MR) is 73.9 cm³/mol. The first kappa shape index (κ1) is 13.3. The zero-order chi connectivity index (χ0) is 14.0. The number of rotatable bonds is 3. The lowest BCUT2D eigenvalue weighted by molar-refractivity contribution is -0.118. The SMILES string of the molecule is CC(C)[C@H](N)C(=O)Nc1cc(=O)c2ccccc2o1. The highest BCUT2D eigenvalue weighted by Crippen LogP contribution is 2.15. The minimum atomic E-state index is -0.642. The van der Waals surface area contributed by atoms with Gasteiger partial charge in [0.2, 0.25) is 11.8 Å². The van der Waals surface area contributed by atoms with Gasteiger partial charge >= 0.3 is 0 Å². The van der Waals surface area contributed by atoms with E-state index in [1.807, 2.05) is 13.8 Å². The molecule has 0 aliphatic rings. The molecule has 1 aromatic carbocycles. The summed E-state index contributed by atoms with van der Waals surface area (Å²) in [7, 11) is 0. The third kappa shape index (κ3) is 2.82. The second-order valence-electron chi connectivity index (χ2n) is 4.73. The molecule has 0 saturated heterocycles. The van der Waals surface area contributed by atoms with Crippen molar-refractivity contribution in [3.05, 3.63) is 40.6 Å². The molecule has 0 fully saturated rings. The van der Waals surface area contributed by atoms with E-state index in [1.165, 1.54) is 6.07 Å². The zero-order valence-electron chi connectivity index (χ0n) is 10.8. The number of nitrogens with two attached hydrogens (primary N) is 1. The summed E-state index contributed by atoms with van der Waals surface area (Å²) in [6.45, 7) is 3.70. The maximum Gasteiger partial charge on any atom is 0.243 e. The summed E-state index contributed by atoms with van der Waals surface area (Å²) in [5.74, 6) is -0.245. The Morgan fingerprint density at radius 3 is 2.68 bits per heavy atom. The molecule has 0 aliphatic heterocycles. The van der Waals surface area contributed by atoms with Crippen molar-refractivity contribution in [2.45, 2.75) is 19.9 Å². The second-order valence-corrected chi connectivity index (χ2v) is 4.73. The van der Waals surface area contributed by atoms with Crippen LogP contribution in [0.5, 0.6) is 0 Å². The van der Waals surface area contributed by atoms with Crippen molar-refractivity contribution in [3.8, 4) is 0 Å². The van der Waals surface area contributed by atoms with Crippen molar-refractivity contribution >= 4 is 22.8 Å². The summed E-state index contributed by atoms with van der Waals surface area (Å²) in [6, 6.07) is 7.48. The van der Waals surface area contributed by atoms with E-state index in [9.17, 15) is 9.59 Å². The molecule has 5 nitrogen and oxygen atoms in total. The number of anilines is 1. The van der Waals surface area contributed by atoms with Crippen LogP contribution in [0.4, 0.5) is 5.88 Å². The number of amides is 1. The van der Waals surface area contributed by atoms with Gasteiger partial charge in [0.25, 0.3) is 0 Å². The van der Waals surface area contributed by atoms with Gasteiger partial charge in [-0.15, -0.1) is 0 Å². The van der Waals surface area contributed by atoms with Crippen molar-refractivity contribution in [2.24, 2.45) is 11.7 Å². The molecule has 2 aromatic rings. The molecule has 0 aliphatic carbocycles. The Bertz CT molecular complexity index is 661. The summed E-state index contributed by atoms with van der Waals surface area (Å²) in [4.78, 5) is 23.6. The first-order chi connectivity index (χ1) is 8.99. The zero-order valence-corrected chi connectivity index (χ0v) is 10.8. The van der Waals surface area contributed by atoms with Crippen LogP contribution in [0.3, 0.4) is 0 Å². The fourth-order valence-corrected chi connectivity index (χ4v) is 1.67. The lowest BCUT2D eigenvalue weighted by Gasteiger charge is -2.14. The normalized spacial score (nSPS) is 12.6. The number of carbonyl (C=O) groups excluding carboxylic acids is 1. The average molecular weight is 260 g/mol. The van der Waals surface area contributed by atoms with Crippen LogP contribution in [0, 0.1) is 5.92 Å². The van der Waals surface area contributed by atoms with Crippen molar-refractivity contribution in [2.75, 3.05) is 5.32 Å². The molecule has 5 heteroatoms. The van der Waals surface area contributed by atoms with E-state index < -0.39 is 6.04 Å². The number of para-hydroxylation sites is 1. The van der Waals surface area contributed by atoms with E-state index in [2.05, 4.69) is 5.32 Å². The summed E-state index contributed by atoms with van der Waals surface area (Å²) < 4.78 is 5.46. The molecule has 1 amide bonds. The summed E-state index contributed by atoms with van der Waals surface area (Å²) in [5, 5.41) is 3.01. The molecule has 1 aromatic heterocycles. The molecule has 0 saturated carbocycles. The Morgan fingerprint density at radius 1 is 1.32 bits per heavy atom. The summed E-state index contributed by atoms with van der Waals surface area (Å²) >= 11 is 0. The monoisotopic (exact) mass is 260 g/mol. The second kappa shape index (κ2) is 5.24. The summed E-state index contributed by atoms with van der Waals surface area (Å²) in [5.41, 5.74) is 5.96. The standard InChI is InChI=1S/C14H16N2O3/c1-8(2)13(15)14(18)16-12-7-10(17)9-5-3-4-6-11(9)19-12/h3-8,13H,15H2,1-2H3,(H,16,18)/t13-/m0/s1. The smallest absolute Gasteiger partial charge is 0.243 e. The highest BCUT2D eigenvalue weighted by molar-refractivity contribution is 5.94. The van der Waals surface area contributed by atoms with Crippen LogP contribution in [0.25, 0.3) is 11.0 Å². The van der Waals surface area contributed by atoms with E-state index >= 15 is 0 Å². The van der Waals surface area contributed by atoms with Crippen LogP contribution in [0.2, 0.25) is 0 Å². The lowest BCUT2D eigenvalue weighted by atomic mass is 10.1. The average Bonchev–Trinajstić information content (AvgIpc) is 2.37. The molecular weight excluding hydrogens is 244 g/mol. The van der Waals surface area contributed by atoms with Crippen molar-refractivity contribution in [3.63, 3.8) is 0 Å². The molecule has 0 radical (unpaired) electrons. The van der Waals surface area contributed by atoms with Crippen LogP contribution in [0.15, 0.2) is 39.5 Å². The number of nitrogens with one attached hydrogen (secondary N) is 1. The van der Waals surface area contributed by atoms with Crippen LogP contribution < -0.4 is 16.5 Å². The fourth-order valence-electron chi connectivity index (χ4n) is 1.67. The van der Waals surface area contributed by atoms with Gasteiger partial charge in [0.15, 0.2) is 5.43 Å². The molecule has 100 valence electrons. The third-order valence-electron chi connectivity index (χ3n) is 2.90. The maximum atomic E-state index is 11.8. The lowest BCUT2D eigenvalue weighted by Crippen LogP contribution is -2.39. The third-order valence-corrected chi connectivity index (χ3v) is 2.90. The van der Waals surface area contributed by atoms with Crippen molar-refractivity contribution in [1.29, 1.82) is 0 Å². The number of hydrogen-bond acceptors (Lipinski definition) is 4. The number of hydrogen-bond donors (Lipinski definition) is 2. The Kier molecular flexibility index (Phi) is 3.66. The highest BCUT2D eigenvalue weighted by Gasteiger charge is 2.18. The van der Waals surface area contributed by atoms with E-state index in [-0.39, 0.29) is 23.1 Å². The van der Waals surface area contributed by atoms with E-state index in [0.29, 0.717) is 11.0 Å². The molecule has 3 N–H and O–H groups in total. The van der Waals surface area contributed by atoms with E-state index in [0.717, 1.165) is 0 Å². The van der Waals surface area contributed by atoms with E-state index in [4.69, 9.17) is 10.2 Å². The van der Waals surface area contributed by atoms with Gasteiger partial charge in [-0.3, -0.25) is 14.9 Å². The largest absolute Gasteiger partial charge is 0.440 e. The van der Waals surface area contributed by atoms with Gasteiger partial charge in [-0.05, 0) is 18.1 Å². The van der Waals surface area contributed by atoms with Crippen molar-refractivity contribution < 1.29 is 9.21 Å². The molecule has 1 atom stereocenters. The minimum Gasteiger partial charge on any atom is -0.440 e. The topological polar surface area (TPSA) is 85.3 Å². The van der Waals surface area contributed by atoms with Crippen molar-refractivity contribution in [1.82, 2.24) is 0 Å². The number of carbonyl (C=O) groups is 1. The van der Waals surface area contributed by atoms with E-state index in [1.54, 1.807) is 24.3 Å². The molecule has 0 spiro atoms. The molecular formula is C14H16N2O3. The maximum absolute atomic E-state index is 11.8. The van der Waals surface area contributed by atoms with Gasteiger partial charge in [-0.25, -0.2) is 0 Å². The summed E-state index contributed by atoms with van der Waals surface area (Å²) in [6.07, 6.45) is 0. The number of benzene rings is 1. The first-order valence-corrected chi connectivity index (χ1v) is 6.08. The molecule has 2 rings (SSSR count). The molecule has 19 heavy (non-hydrogen) atoms. The van der Waals surface area contributed by atoms with Crippen LogP contribution in [-0.4, -0.2) is 11.9 Å². The quantitative estimate of drug-likeness (QED) is 0.879. The molecule has 0 unspecified atom stereocenters. The highest BCUT2D eigenvalue weighted by atomic mass is 16.3. The molecule has 1 heterocycles. The fraction of sp³-hybridized carbons (Fsp3) is 0.286. The minimum absolute atomic E-state index is 0.00665. The Balaban J connectivity index is 2.32. The first-order valence-electron chi connectivity index (χ1n) is 6.08. The van der Waals surface area contributed by atoms with Gasteiger partial charge in [0.1, 0.15) is 5.58 Å². The number of fused-ring (bicyclic) bond motifs is 1. The van der Waals surface area contributed by atoms with Gasteiger partial charge in [-0.2, -0.15) is 0 Å². The Morgan fingerprint density at radius 2 is 2.00 bits per heavy atom. The Hall–Kier alpha value is -2.14. The van der Waals surface area contributed by atoms with Gasteiger partial charge in [-0.1, -0.05) is 26.0 Å². The Labute approximate surface area is 110 Å². The van der Waals surface area contributed by atoms with Gasteiger partial charge in [0, 0.05) is 6.07 Å². The van der Waals surface area contributed by atoms with Crippen LogP contribution in [0.1, 0.15) is 13.8 Å². The predicted octanol–water partition coefficient (Wildman–Crippen LogP) is 1.71.